The van der Waals surface area contributed by atoms with Crippen molar-refractivity contribution in [2.45, 2.75) is 0 Å². The molecule has 0 spiro atoms. The molecule has 0 atom stereocenters. The fraction of sp³-hybridized carbons (Fsp3) is 0.0909. The summed E-state index contributed by atoms with van der Waals surface area (Å²) in [6, 6.07) is 7.96. The highest BCUT2D eigenvalue weighted by atomic mass is 16.5. The van der Waals surface area contributed by atoms with Crippen LogP contribution < -0.4 is 0 Å². The molecule has 15 heavy (non-hydrogen) atoms. The third-order valence-electron chi connectivity index (χ3n) is 1.71. The van der Waals surface area contributed by atoms with Gasteiger partial charge in [-0.05, 0) is 23.8 Å². The number of carbonyl (C=O) groups is 1. The van der Waals surface area contributed by atoms with Gasteiger partial charge in [0.25, 0.3) is 0 Å². The molecular weight excluding hydrogens is 194 g/mol. The maximum Gasteiger partial charge on any atom is 0.348 e. The number of methoxy groups -OCH3 is 1. The minimum absolute atomic E-state index is 0.0749. The Balaban J connectivity index is 3.05. The highest BCUT2D eigenvalue weighted by Gasteiger charge is 2.08. The number of rotatable bonds is 2. The number of hydrogen-bond donors (Lipinski definition) is 1. The number of ether oxygens (including phenoxy) is 1. The number of aromatic hydroxyl groups is 1. The summed E-state index contributed by atoms with van der Waals surface area (Å²) >= 11 is 0. The Morgan fingerprint density at radius 1 is 1.60 bits per heavy atom. The van der Waals surface area contributed by atoms with Crippen LogP contribution in [0.5, 0.6) is 5.75 Å². The van der Waals surface area contributed by atoms with Crippen molar-refractivity contribution < 1.29 is 14.6 Å². The molecule has 0 aliphatic heterocycles. The maximum absolute atomic E-state index is 11.1. The molecule has 4 heteroatoms. The van der Waals surface area contributed by atoms with Crippen LogP contribution in [0.15, 0.2) is 29.8 Å². The number of phenolic OH excluding ortho intramolecular Hbond substituents is 1. The number of esters is 1. The van der Waals surface area contributed by atoms with E-state index >= 15 is 0 Å². The zero-order chi connectivity index (χ0) is 11.3. The van der Waals surface area contributed by atoms with Gasteiger partial charge in [-0.2, -0.15) is 5.26 Å². The monoisotopic (exact) mass is 203 g/mol. The van der Waals surface area contributed by atoms with E-state index in [-0.39, 0.29) is 11.3 Å². The van der Waals surface area contributed by atoms with Crippen molar-refractivity contribution in [3.8, 4) is 11.8 Å². The molecule has 1 rings (SSSR count). The van der Waals surface area contributed by atoms with Crippen LogP contribution in [0.4, 0.5) is 0 Å². The predicted octanol–water partition coefficient (Wildman–Crippen LogP) is 1.47. The molecule has 0 aromatic heterocycles. The summed E-state index contributed by atoms with van der Waals surface area (Å²) in [5, 5.41) is 17.8. The van der Waals surface area contributed by atoms with Crippen LogP contribution in [0.3, 0.4) is 0 Å². The number of carbonyl (C=O) groups excluding carboxylic acids is 1. The zero-order valence-corrected chi connectivity index (χ0v) is 8.10. The van der Waals surface area contributed by atoms with Gasteiger partial charge in [0, 0.05) is 0 Å². The van der Waals surface area contributed by atoms with Crippen molar-refractivity contribution in [1.82, 2.24) is 0 Å². The average molecular weight is 203 g/mol. The Kier molecular flexibility index (Phi) is 3.47. The van der Waals surface area contributed by atoms with E-state index in [1.807, 2.05) is 0 Å². The molecule has 0 heterocycles. The molecule has 0 aliphatic carbocycles. The van der Waals surface area contributed by atoms with Gasteiger partial charge in [-0.15, -0.1) is 0 Å². The van der Waals surface area contributed by atoms with Crippen LogP contribution in [0.25, 0.3) is 6.08 Å². The fourth-order valence-electron chi connectivity index (χ4n) is 1.03. The van der Waals surface area contributed by atoms with Crippen LogP contribution in [-0.4, -0.2) is 18.2 Å². The number of nitriles is 1. The number of nitrogens with zero attached hydrogens (tertiary/aromatic N) is 1. The van der Waals surface area contributed by atoms with Crippen molar-refractivity contribution in [2.24, 2.45) is 0 Å². The minimum Gasteiger partial charge on any atom is -0.508 e. The number of hydrogen-bond acceptors (Lipinski definition) is 4. The highest BCUT2D eigenvalue weighted by Crippen LogP contribution is 2.14. The molecule has 0 bridgehead atoms. The molecule has 76 valence electrons. The second kappa shape index (κ2) is 4.82. The molecular formula is C11H9NO3. The maximum atomic E-state index is 11.1. The van der Waals surface area contributed by atoms with Crippen molar-refractivity contribution in [1.29, 1.82) is 5.26 Å². The smallest absolute Gasteiger partial charge is 0.348 e. The van der Waals surface area contributed by atoms with Gasteiger partial charge in [0.05, 0.1) is 7.11 Å². The zero-order valence-electron chi connectivity index (χ0n) is 8.10. The first kappa shape index (κ1) is 10.8. The van der Waals surface area contributed by atoms with Gasteiger partial charge in [0.15, 0.2) is 0 Å². The van der Waals surface area contributed by atoms with Crippen LogP contribution in [-0.2, 0) is 9.53 Å². The molecule has 1 N–H and O–H groups in total. The van der Waals surface area contributed by atoms with Gasteiger partial charge in [-0.1, -0.05) is 12.1 Å². The van der Waals surface area contributed by atoms with E-state index in [2.05, 4.69) is 4.74 Å². The van der Waals surface area contributed by atoms with Crippen LogP contribution in [0.1, 0.15) is 5.56 Å². The van der Waals surface area contributed by atoms with E-state index in [0.717, 1.165) is 0 Å². The fourth-order valence-corrected chi connectivity index (χ4v) is 1.03. The largest absolute Gasteiger partial charge is 0.508 e. The summed E-state index contributed by atoms with van der Waals surface area (Å²) in [6.07, 6.45) is 1.35. The van der Waals surface area contributed by atoms with Crippen molar-refractivity contribution >= 4 is 12.0 Å². The SMILES string of the molecule is COC(=O)C(C#N)=Cc1cccc(O)c1. The van der Waals surface area contributed by atoms with Crippen LogP contribution in [0, 0.1) is 11.3 Å². The van der Waals surface area contributed by atoms with Gasteiger partial charge in [-0.3, -0.25) is 0 Å². The minimum atomic E-state index is -0.694. The molecule has 0 radical (unpaired) electrons. The molecule has 1 aromatic carbocycles. The lowest BCUT2D eigenvalue weighted by Crippen LogP contribution is -2.02. The Hall–Kier alpha value is -2.28. The van der Waals surface area contributed by atoms with Crippen molar-refractivity contribution in [3.05, 3.63) is 35.4 Å². The summed E-state index contributed by atoms with van der Waals surface area (Å²) in [4.78, 5) is 11.1. The van der Waals surface area contributed by atoms with Crippen LogP contribution in [0.2, 0.25) is 0 Å². The standard InChI is InChI=1S/C11H9NO3/c1-15-11(14)9(7-12)5-8-3-2-4-10(13)6-8/h2-6,13H,1H3. The first-order valence-electron chi connectivity index (χ1n) is 4.16. The summed E-state index contributed by atoms with van der Waals surface area (Å²) in [5.74, 6) is -0.619. The third-order valence-corrected chi connectivity index (χ3v) is 1.71. The van der Waals surface area contributed by atoms with Crippen molar-refractivity contribution in [3.63, 3.8) is 0 Å². The van der Waals surface area contributed by atoms with E-state index in [9.17, 15) is 4.79 Å². The van der Waals surface area contributed by atoms with E-state index in [1.165, 1.54) is 25.3 Å². The van der Waals surface area contributed by atoms with E-state index in [1.54, 1.807) is 18.2 Å². The summed E-state index contributed by atoms with van der Waals surface area (Å²) in [5.41, 5.74) is 0.458. The van der Waals surface area contributed by atoms with Gasteiger partial charge in [0.1, 0.15) is 17.4 Å². The Labute approximate surface area is 87.0 Å². The van der Waals surface area contributed by atoms with Gasteiger partial charge < -0.3 is 9.84 Å². The molecule has 0 unspecified atom stereocenters. The first-order valence-corrected chi connectivity index (χ1v) is 4.16. The van der Waals surface area contributed by atoms with Gasteiger partial charge in [0.2, 0.25) is 0 Å². The normalized spacial score (nSPS) is 10.5. The average Bonchev–Trinajstić information content (AvgIpc) is 2.25. The Morgan fingerprint density at radius 3 is 2.87 bits per heavy atom. The van der Waals surface area contributed by atoms with E-state index in [4.69, 9.17) is 10.4 Å². The lowest BCUT2D eigenvalue weighted by molar-refractivity contribution is -0.135. The lowest BCUT2D eigenvalue weighted by atomic mass is 10.1. The summed E-state index contributed by atoms with van der Waals surface area (Å²) < 4.78 is 4.41. The second-order valence-electron chi connectivity index (χ2n) is 2.76. The van der Waals surface area contributed by atoms with E-state index in [0.29, 0.717) is 5.56 Å². The molecule has 4 nitrogen and oxygen atoms in total. The summed E-state index contributed by atoms with van der Waals surface area (Å²) in [6.45, 7) is 0. The van der Waals surface area contributed by atoms with Gasteiger partial charge >= 0.3 is 5.97 Å². The summed E-state index contributed by atoms with van der Waals surface area (Å²) in [7, 11) is 1.20. The lowest BCUT2D eigenvalue weighted by Gasteiger charge is -1.97. The first-order chi connectivity index (χ1) is 7.17. The quantitative estimate of drug-likeness (QED) is 0.449. The topological polar surface area (TPSA) is 70.3 Å². The molecule has 0 fully saturated rings. The molecule has 0 saturated heterocycles. The Bertz CT molecular complexity index is 443. The second-order valence-corrected chi connectivity index (χ2v) is 2.76. The Morgan fingerprint density at radius 2 is 2.33 bits per heavy atom. The molecule has 0 amide bonds. The number of benzene rings is 1. The van der Waals surface area contributed by atoms with E-state index < -0.39 is 5.97 Å². The highest BCUT2D eigenvalue weighted by molar-refractivity contribution is 5.97. The van der Waals surface area contributed by atoms with Crippen molar-refractivity contribution in [2.75, 3.05) is 7.11 Å². The molecule has 0 saturated carbocycles. The van der Waals surface area contributed by atoms with Gasteiger partial charge in [-0.25, -0.2) is 4.79 Å². The third kappa shape index (κ3) is 2.85. The molecule has 1 aromatic rings. The predicted molar refractivity (Wildman–Crippen MR) is 53.7 cm³/mol. The van der Waals surface area contributed by atoms with Crippen LogP contribution >= 0.6 is 0 Å². The number of phenols is 1. The molecule has 0 aliphatic rings.